The largest absolute Gasteiger partial charge is 0.497 e. The van der Waals surface area contributed by atoms with Gasteiger partial charge in [-0.05, 0) is 78.1 Å². The van der Waals surface area contributed by atoms with E-state index in [0.717, 1.165) is 16.7 Å². The number of nitrogens with zero attached hydrogens (tertiary/aromatic N) is 2. The maximum absolute atomic E-state index is 13.8. The Morgan fingerprint density at radius 3 is 1.88 bits per heavy atom. The highest BCUT2D eigenvalue weighted by Gasteiger charge is 2.52. The highest BCUT2D eigenvalue weighted by molar-refractivity contribution is 6.74. The van der Waals surface area contributed by atoms with Crippen LogP contribution in [-0.4, -0.2) is 68.0 Å². The Morgan fingerprint density at radius 2 is 1.36 bits per heavy atom. The molecule has 294 valence electrons. The van der Waals surface area contributed by atoms with Crippen molar-refractivity contribution in [3.05, 3.63) is 154 Å². The normalized spacial score (nSPS) is 18.7. The van der Waals surface area contributed by atoms with Crippen LogP contribution >= 0.6 is 0 Å². The summed E-state index contributed by atoms with van der Waals surface area (Å²) < 4.78 is 33.0. The van der Waals surface area contributed by atoms with E-state index < -0.39 is 50.1 Å². The second kappa shape index (κ2) is 16.5. The van der Waals surface area contributed by atoms with Gasteiger partial charge in [-0.25, -0.2) is 4.79 Å². The zero-order valence-corrected chi connectivity index (χ0v) is 34.2. The molecule has 56 heavy (non-hydrogen) atoms. The van der Waals surface area contributed by atoms with Gasteiger partial charge in [-0.15, -0.1) is 0 Å². The average molecular weight is 778 g/mol. The zero-order valence-electron chi connectivity index (χ0n) is 33.2. The predicted octanol–water partition coefficient (Wildman–Crippen LogP) is 7.48. The van der Waals surface area contributed by atoms with Gasteiger partial charge in [0.05, 0.1) is 20.8 Å². The second-order valence-electron chi connectivity index (χ2n) is 15.5. The third kappa shape index (κ3) is 8.21. The van der Waals surface area contributed by atoms with Gasteiger partial charge in [-0.2, -0.15) is 4.98 Å². The smallest absolute Gasteiger partial charge is 0.351 e. The lowest BCUT2D eigenvalue weighted by Crippen LogP contribution is -2.49. The summed E-state index contributed by atoms with van der Waals surface area (Å²) in [7, 11) is 0.687. The first-order valence-corrected chi connectivity index (χ1v) is 21.6. The molecule has 6 rings (SSSR count). The fourth-order valence-electron chi connectivity index (χ4n) is 6.65. The van der Waals surface area contributed by atoms with Gasteiger partial charge >= 0.3 is 5.69 Å². The number of hydrogen-bond donors (Lipinski definition) is 2. The molecule has 1 saturated heterocycles. The van der Waals surface area contributed by atoms with E-state index in [1.54, 1.807) is 51.6 Å². The highest BCUT2D eigenvalue weighted by atomic mass is 28.4. The minimum absolute atomic E-state index is 0.0889. The van der Waals surface area contributed by atoms with Crippen LogP contribution in [0.5, 0.6) is 11.5 Å². The molecule has 1 aliphatic rings. The molecule has 0 bridgehead atoms. The number of rotatable bonds is 13. The molecule has 1 fully saturated rings. The van der Waals surface area contributed by atoms with Crippen molar-refractivity contribution in [3.8, 4) is 11.5 Å². The molecular weight excluding hydrogens is 727 g/mol. The lowest BCUT2D eigenvalue weighted by Gasteiger charge is -2.40. The highest BCUT2D eigenvalue weighted by Crippen LogP contribution is 2.45. The standard InChI is InChI=1S/C44H51N3O8Si/c1-29-27-47(42(50)46-39(29)45-40(49)30-15-11-9-12-16-30)41-38(55-56(7,8)43(2,3)4)37(48)36(54-41)28-53-44(31-17-13-10-14-18-31,32-19-23-34(51-5)24-20-32)33-21-25-35(52-6)26-22-33/h9-27,36-38,41,48H,28H2,1-8H3,(H,45,46,49,50)/t36-,37?,38+,41-/m1/s1. The number of carbonyl (C=O) groups is 1. The maximum Gasteiger partial charge on any atom is 0.351 e. The molecule has 1 unspecified atom stereocenters. The number of nitrogens with one attached hydrogen (secondary N) is 1. The Labute approximate surface area is 329 Å². The molecule has 12 heteroatoms. The number of anilines is 1. The SMILES string of the molecule is COc1ccc(C(OC[C@H]2O[C@@H](n3cc(C)c(NC(=O)c4ccccc4)nc3=O)[C@@H](O[Si](C)(C)C(C)(C)C)C2O)(c2ccccc2)c2ccc(OC)cc2)cc1. The summed E-state index contributed by atoms with van der Waals surface area (Å²) in [6.07, 6.45) is -2.54. The predicted molar refractivity (Wildman–Crippen MR) is 218 cm³/mol. The van der Waals surface area contributed by atoms with Crippen molar-refractivity contribution in [1.82, 2.24) is 9.55 Å². The second-order valence-corrected chi connectivity index (χ2v) is 20.3. The molecule has 11 nitrogen and oxygen atoms in total. The summed E-state index contributed by atoms with van der Waals surface area (Å²) in [5.74, 6) is 1.12. The number of benzene rings is 4. The van der Waals surface area contributed by atoms with Gasteiger partial charge in [0.25, 0.3) is 5.91 Å². The third-order valence-corrected chi connectivity index (χ3v) is 15.3. The van der Waals surface area contributed by atoms with E-state index in [9.17, 15) is 14.7 Å². The van der Waals surface area contributed by atoms with Crippen LogP contribution in [0.2, 0.25) is 18.1 Å². The molecule has 1 aliphatic heterocycles. The van der Waals surface area contributed by atoms with Gasteiger partial charge in [0.1, 0.15) is 41.2 Å². The quantitative estimate of drug-likeness (QED) is 0.0924. The number of aromatic nitrogens is 2. The molecule has 2 heterocycles. The van der Waals surface area contributed by atoms with Crippen LogP contribution in [0.4, 0.5) is 5.82 Å². The number of ether oxygens (including phenoxy) is 4. The van der Waals surface area contributed by atoms with Crippen LogP contribution in [0.25, 0.3) is 0 Å². The fourth-order valence-corrected chi connectivity index (χ4v) is 7.94. The Bertz CT molecular complexity index is 2110. The average Bonchev–Trinajstić information content (AvgIpc) is 3.50. The van der Waals surface area contributed by atoms with Gasteiger partial charge in [0, 0.05) is 17.3 Å². The van der Waals surface area contributed by atoms with E-state index in [1.807, 2.05) is 84.9 Å². The van der Waals surface area contributed by atoms with Gasteiger partial charge in [-0.1, -0.05) is 93.6 Å². The van der Waals surface area contributed by atoms with Gasteiger partial charge in [-0.3, -0.25) is 9.36 Å². The van der Waals surface area contributed by atoms with Crippen molar-refractivity contribution in [3.63, 3.8) is 0 Å². The van der Waals surface area contributed by atoms with Crippen molar-refractivity contribution < 1.29 is 33.3 Å². The molecule has 1 amide bonds. The van der Waals surface area contributed by atoms with Crippen molar-refractivity contribution in [2.24, 2.45) is 0 Å². The monoisotopic (exact) mass is 777 g/mol. The molecule has 4 aromatic carbocycles. The lowest BCUT2D eigenvalue weighted by molar-refractivity contribution is -0.0956. The summed E-state index contributed by atoms with van der Waals surface area (Å²) in [5.41, 5.74) is 1.59. The number of methoxy groups -OCH3 is 2. The Hall–Kier alpha value is -5.11. The maximum atomic E-state index is 13.8. The van der Waals surface area contributed by atoms with Gasteiger partial charge < -0.3 is 33.8 Å². The molecule has 2 N–H and O–H groups in total. The van der Waals surface area contributed by atoms with E-state index in [4.69, 9.17) is 23.4 Å². The van der Waals surface area contributed by atoms with E-state index >= 15 is 0 Å². The first-order valence-electron chi connectivity index (χ1n) is 18.6. The number of aliphatic hydroxyl groups is 1. The molecule has 0 radical (unpaired) electrons. The molecule has 5 aromatic rings. The van der Waals surface area contributed by atoms with Crippen LogP contribution in [-0.2, 0) is 19.5 Å². The molecule has 0 spiro atoms. The van der Waals surface area contributed by atoms with Crippen LogP contribution < -0.4 is 20.5 Å². The first-order chi connectivity index (χ1) is 26.7. The van der Waals surface area contributed by atoms with E-state index in [2.05, 4.69) is 44.2 Å². The van der Waals surface area contributed by atoms with Crippen LogP contribution in [0, 0.1) is 6.92 Å². The van der Waals surface area contributed by atoms with E-state index in [0.29, 0.717) is 22.6 Å². The van der Waals surface area contributed by atoms with E-state index in [1.165, 1.54) is 4.57 Å². The fraction of sp³-hybridized carbons (Fsp3) is 0.341. The lowest BCUT2D eigenvalue weighted by atomic mass is 9.80. The molecular formula is C44H51N3O8Si. The van der Waals surface area contributed by atoms with Crippen LogP contribution in [0.3, 0.4) is 0 Å². The summed E-state index contributed by atoms with van der Waals surface area (Å²) in [6, 6.07) is 33.9. The summed E-state index contributed by atoms with van der Waals surface area (Å²) in [4.78, 5) is 31.1. The Morgan fingerprint density at radius 1 is 0.839 bits per heavy atom. The summed E-state index contributed by atoms with van der Waals surface area (Å²) in [5, 5.41) is 14.7. The summed E-state index contributed by atoms with van der Waals surface area (Å²) >= 11 is 0. The number of amides is 1. The minimum Gasteiger partial charge on any atom is -0.497 e. The molecule has 0 saturated carbocycles. The van der Waals surface area contributed by atoms with Gasteiger partial charge in [0.2, 0.25) is 0 Å². The first kappa shape index (κ1) is 40.5. The number of carbonyl (C=O) groups excluding carboxylic acids is 1. The number of hydrogen-bond acceptors (Lipinski definition) is 9. The van der Waals surface area contributed by atoms with Gasteiger partial charge in [0.15, 0.2) is 14.5 Å². The van der Waals surface area contributed by atoms with Crippen molar-refractivity contribution in [2.75, 3.05) is 26.1 Å². The van der Waals surface area contributed by atoms with Crippen LogP contribution in [0.1, 0.15) is 59.6 Å². The molecule has 0 aliphatic carbocycles. The molecule has 4 atom stereocenters. The van der Waals surface area contributed by atoms with Crippen molar-refractivity contribution >= 4 is 20.0 Å². The Balaban J connectivity index is 1.40. The zero-order chi connectivity index (χ0) is 40.3. The number of aliphatic hydroxyl groups excluding tert-OH is 1. The van der Waals surface area contributed by atoms with Crippen molar-refractivity contribution in [1.29, 1.82) is 0 Å². The topological polar surface area (TPSA) is 130 Å². The van der Waals surface area contributed by atoms with Crippen LogP contribution in [0.15, 0.2) is 120 Å². The third-order valence-electron chi connectivity index (χ3n) is 10.9. The van der Waals surface area contributed by atoms with E-state index in [-0.39, 0.29) is 17.5 Å². The Kier molecular flexibility index (Phi) is 12.0. The number of aryl methyl sites for hydroxylation is 1. The minimum atomic E-state index is -2.55. The summed E-state index contributed by atoms with van der Waals surface area (Å²) in [6.45, 7) is 12.2. The molecule has 1 aromatic heterocycles. The van der Waals surface area contributed by atoms with Crippen molar-refractivity contribution in [2.45, 2.75) is 76.0 Å².